The predicted molar refractivity (Wildman–Crippen MR) is 68.5 cm³/mol. The monoisotopic (exact) mass is 247 g/mol. The number of hydrogen-bond donors (Lipinski definition) is 3. The summed E-state index contributed by atoms with van der Waals surface area (Å²) in [5.74, 6) is 5.08. The number of H-pyrrole nitrogens is 1. The second-order valence-electron chi connectivity index (χ2n) is 6.48. The van der Waals surface area contributed by atoms with Crippen molar-refractivity contribution in [1.82, 2.24) is 20.5 Å². The van der Waals surface area contributed by atoms with E-state index in [-0.39, 0.29) is 0 Å². The highest BCUT2D eigenvalue weighted by Gasteiger charge is 2.47. The molecule has 0 atom stereocenters. The number of hydrogen-bond acceptors (Lipinski definition) is 4. The Labute approximate surface area is 107 Å². The Kier molecular flexibility index (Phi) is 2.37. The molecule has 4 aliphatic carbocycles. The first-order chi connectivity index (χ1) is 8.78. The molecule has 0 saturated heterocycles. The molecule has 0 spiro atoms. The molecule has 0 aromatic carbocycles. The van der Waals surface area contributed by atoms with Gasteiger partial charge in [0.05, 0.1) is 6.54 Å². The van der Waals surface area contributed by atoms with Gasteiger partial charge in [-0.15, -0.1) is 5.10 Å². The summed E-state index contributed by atoms with van der Waals surface area (Å²) in [6.07, 6.45) is 7.30. The fraction of sp³-hybridized carbons (Fsp3) is 0.846. The maximum Gasteiger partial charge on any atom is 0.239 e. The van der Waals surface area contributed by atoms with Crippen LogP contribution in [0.4, 0.5) is 5.95 Å². The quantitative estimate of drug-likeness (QED) is 0.752. The Morgan fingerprint density at radius 1 is 1.11 bits per heavy atom. The van der Waals surface area contributed by atoms with E-state index < -0.39 is 0 Å². The summed E-state index contributed by atoms with van der Waals surface area (Å²) in [5, 5.41) is 10.5. The summed E-state index contributed by atoms with van der Waals surface area (Å²) in [5.41, 5.74) is 5.52. The topological polar surface area (TPSA) is 79.6 Å². The minimum atomic E-state index is 0.344. The Morgan fingerprint density at radius 3 is 2.33 bits per heavy atom. The van der Waals surface area contributed by atoms with Gasteiger partial charge in [-0.05, 0) is 55.8 Å². The van der Waals surface area contributed by atoms with Crippen LogP contribution >= 0.6 is 0 Å². The molecule has 0 unspecified atom stereocenters. The molecule has 5 heteroatoms. The normalized spacial score (nSPS) is 41.4. The van der Waals surface area contributed by atoms with Crippen molar-refractivity contribution in [1.29, 1.82) is 0 Å². The molecule has 1 heterocycles. The SMILES string of the molecule is Nc1n[nH]c(CNC2C3CC4CC(C3)CC2C4)n1. The largest absolute Gasteiger partial charge is 0.367 e. The zero-order valence-corrected chi connectivity index (χ0v) is 10.6. The van der Waals surface area contributed by atoms with Crippen LogP contribution in [0.1, 0.15) is 37.9 Å². The lowest BCUT2D eigenvalue weighted by Crippen LogP contribution is -2.54. The third-order valence-corrected chi connectivity index (χ3v) is 5.28. The average Bonchev–Trinajstić information content (AvgIpc) is 2.73. The molecule has 98 valence electrons. The number of aromatic nitrogens is 3. The number of aromatic amines is 1. The van der Waals surface area contributed by atoms with Gasteiger partial charge >= 0.3 is 0 Å². The fourth-order valence-corrected chi connectivity index (χ4v) is 4.86. The van der Waals surface area contributed by atoms with E-state index in [1.807, 2.05) is 0 Å². The predicted octanol–water partition coefficient (Wildman–Crippen LogP) is 1.30. The van der Waals surface area contributed by atoms with E-state index in [0.29, 0.717) is 12.0 Å². The van der Waals surface area contributed by atoms with E-state index >= 15 is 0 Å². The van der Waals surface area contributed by atoms with Crippen LogP contribution in [-0.2, 0) is 6.54 Å². The Bertz CT molecular complexity index is 412. The van der Waals surface area contributed by atoms with Crippen LogP contribution in [0.15, 0.2) is 0 Å². The number of nitrogens with one attached hydrogen (secondary N) is 2. The summed E-state index contributed by atoms with van der Waals surface area (Å²) in [6.45, 7) is 0.775. The summed E-state index contributed by atoms with van der Waals surface area (Å²) < 4.78 is 0. The number of nitrogens with zero attached hydrogens (tertiary/aromatic N) is 2. The fourth-order valence-electron chi connectivity index (χ4n) is 4.86. The first-order valence-corrected chi connectivity index (χ1v) is 7.18. The van der Waals surface area contributed by atoms with E-state index in [9.17, 15) is 0 Å². The third-order valence-electron chi connectivity index (χ3n) is 5.28. The number of nitrogen functional groups attached to an aromatic ring is 1. The maximum atomic E-state index is 5.52. The van der Waals surface area contributed by atoms with Crippen LogP contribution in [-0.4, -0.2) is 21.2 Å². The summed E-state index contributed by atoms with van der Waals surface area (Å²) in [7, 11) is 0. The van der Waals surface area contributed by atoms with Gasteiger partial charge in [0.1, 0.15) is 5.82 Å². The van der Waals surface area contributed by atoms with Gasteiger partial charge in [0.15, 0.2) is 0 Å². The molecule has 4 N–H and O–H groups in total. The van der Waals surface area contributed by atoms with Crippen molar-refractivity contribution in [2.45, 2.75) is 44.7 Å². The highest BCUT2D eigenvalue weighted by Crippen LogP contribution is 2.53. The minimum Gasteiger partial charge on any atom is -0.367 e. The third kappa shape index (κ3) is 1.72. The van der Waals surface area contributed by atoms with Gasteiger partial charge in [-0.1, -0.05) is 0 Å². The van der Waals surface area contributed by atoms with Gasteiger partial charge < -0.3 is 11.1 Å². The van der Waals surface area contributed by atoms with Gasteiger partial charge in [-0.2, -0.15) is 4.98 Å². The average molecular weight is 247 g/mol. The molecule has 0 radical (unpaired) electrons. The second-order valence-corrected chi connectivity index (χ2v) is 6.48. The number of anilines is 1. The van der Waals surface area contributed by atoms with Crippen molar-refractivity contribution >= 4 is 5.95 Å². The standard InChI is InChI=1S/C13H21N5/c14-13-16-11(17-18-13)6-15-12-9-2-7-1-8(4-9)5-10(12)3-7/h7-10,12,15H,1-6H2,(H3,14,16,17,18). The molecule has 4 bridgehead atoms. The van der Waals surface area contributed by atoms with Gasteiger partial charge in [0.2, 0.25) is 5.95 Å². The minimum absolute atomic E-state index is 0.344. The van der Waals surface area contributed by atoms with Crippen molar-refractivity contribution in [3.63, 3.8) is 0 Å². The van der Waals surface area contributed by atoms with Gasteiger partial charge in [0, 0.05) is 6.04 Å². The van der Waals surface area contributed by atoms with Gasteiger partial charge in [-0.25, -0.2) is 0 Å². The first kappa shape index (κ1) is 10.8. The zero-order valence-electron chi connectivity index (χ0n) is 10.6. The number of rotatable bonds is 3. The molecule has 5 rings (SSSR count). The molecular formula is C13H21N5. The molecule has 4 aliphatic rings. The molecular weight excluding hydrogens is 226 g/mol. The van der Waals surface area contributed by atoms with Crippen LogP contribution in [0.25, 0.3) is 0 Å². The van der Waals surface area contributed by atoms with Crippen molar-refractivity contribution in [3.8, 4) is 0 Å². The summed E-state index contributed by atoms with van der Waals surface area (Å²) in [6, 6.07) is 0.698. The van der Waals surface area contributed by atoms with Crippen molar-refractivity contribution in [2.24, 2.45) is 23.7 Å². The van der Waals surface area contributed by atoms with Crippen LogP contribution in [0.3, 0.4) is 0 Å². The Hall–Kier alpha value is -1.10. The smallest absolute Gasteiger partial charge is 0.239 e. The lowest BCUT2D eigenvalue weighted by Gasteiger charge is -2.54. The molecule has 5 nitrogen and oxygen atoms in total. The molecule has 0 amide bonds. The second kappa shape index (κ2) is 3.95. The summed E-state index contributed by atoms with van der Waals surface area (Å²) >= 11 is 0. The Balaban J connectivity index is 1.43. The lowest BCUT2D eigenvalue weighted by molar-refractivity contribution is -0.0144. The van der Waals surface area contributed by atoms with E-state index in [1.54, 1.807) is 0 Å². The van der Waals surface area contributed by atoms with Gasteiger partial charge in [-0.3, -0.25) is 5.10 Å². The van der Waals surface area contributed by atoms with Crippen molar-refractivity contribution < 1.29 is 0 Å². The Morgan fingerprint density at radius 2 is 1.78 bits per heavy atom. The highest BCUT2D eigenvalue weighted by atomic mass is 15.3. The van der Waals surface area contributed by atoms with Crippen molar-refractivity contribution in [3.05, 3.63) is 5.82 Å². The van der Waals surface area contributed by atoms with E-state index in [4.69, 9.17) is 5.73 Å². The lowest BCUT2D eigenvalue weighted by atomic mass is 9.54. The molecule has 4 fully saturated rings. The molecule has 1 aromatic heterocycles. The molecule has 18 heavy (non-hydrogen) atoms. The zero-order chi connectivity index (χ0) is 12.1. The molecule has 1 aromatic rings. The highest BCUT2D eigenvalue weighted by molar-refractivity contribution is 5.12. The van der Waals surface area contributed by atoms with E-state index in [0.717, 1.165) is 36.0 Å². The summed E-state index contributed by atoms with van der Waals surface area (Å²) in [4.78, 5) is 4.16. The van der Waals surface area contributed by atoms with E-state index in [1.165, 1.54) is 32.1 Å². The number of nitrogens with two attached hydrogens (primary N) is 1. The molecule has 0 aliphatic heterocycles. The van der Waals surface area contributed by atoms with Crippen LogP contribution in [0.5, 0.6) is 0 Å². The van der Waals surface area contributed by atoms with Crippen LogP contribution in [0, 0.1) is 23.7 Å². The maximum absolute atomic E-state index is 5.52. The van der Waals surface area contributed by atoms with Crippen LogP contribution < -0.4 is 11.1 Å². The van der Waals surface area contributed by atoms with Crippen LogP contribution in [0.2, 0.25) is 0 Å². The van der Waals surface area contributed by atoms with Crippen molar-refractivity contribution in [2.75, 3.05) is 5.73 Å². The van der Waals surface area contributed by atoms with Gasteiger partial charge in [0.25, 0.3) is 0 Å². The van der Waals surface area contributed by atoms with E-state index in [2.05, 4.69) is 20.5 Å². The molecule has 4 saturated carbocycles. The first-order valence-electron chi connectivity index (χ1n) is 7.18.